The predicted octanol–water partition coefficient (Wildman–Crippen LogP) is 8.21. The summed E-state index contributed by atoms with van der Waals surface area (Å²) in [5.74, 6) is 0.598. The first-order chi connectivity index (χ1) is 17.1. The molecule has 0 N–H and O–H groups in total. The lowest BCUT2D eigenvalue weighted by Crippen LogP contribution is -2.22. The van der Waals surface area contributed by atoms with Gasteiger partial charge >= 0.3 is 0 Å². The molecule has 1 aromatic heterocycles. The Bertz CT molecular complexity index is 1420. The van der Waals surface area contributed by atoms with Crippen molar-refractivity contribution in [3.63, 3.8) is 0 Å². The molecule has 0 radical (unpaired) electrons. The van der Waals surface area contributed by atoms with Crippen LogP contribution in [0.1, 0.15) is 35.1 Å². The fourth-order valence-electron chi connectivity index (χ4n) is 5.18. The minimum absolute atomic E-state index is 0.260. The van der Waals surface area contributed by atoms with E-state index < -0.39 is 0 Å². The van der Waals surface area contributed by atoms with Crippen molar-refractivity contribution in [1.82, 2.24) is 9.88 Å². The number of hydrogen-bond acceptors (Lipinski definition) is 2. The smallest absolute Gasteiger partial charge is 0.0706 e. The second-order valence-electron chi connectivity index (χ2n) is 9.64. The molecule has 0 saturated carbocycles. The molecule has 0 saturated heterocycles. The number of fused-ring (bicyclic) bond motifs is 2. The van der Waals surface area contributed by atoms with Crippen molar-refractivity contribution < 1.29 is 0 Å². The number of hydrogen-bond donors (Lipinski definition) is 0. The molecule has 176 valence electrons. The van der Waals surface area contributed by atoms with Crippen molar-refractivity contribution in [3.05, 3.63) is 124 Å². The average Bonchev–Trinajstić information content (AvgIpc) is 2.88. The van der Waals surface area contributed by atoms with Gasteiger partial charge < -0.3 is 4.90 Å². The number of pyridine rings is 1. The van der Waals surface area contributed by atoms with Gasteiger partial charge in [-0.15, -0.1) is 0 Å². The maximum Gasteiger partial charge on any atom is 0.0706 e. The fourth-order valence-corrected chi connectivity index (χ4v) is 5.56. The third-order valence-electron chi connectivity index (χ3n) is 6.95. The monoisotopic (exact) mass is 522 g/mol. The fraction of sp³-hybridized carbons (Fsp3) is 0.219. The van der Waals surface area contributed by atoms with Crippen molar-refractivity contribution in [2.24, 2.45) is 0 Å². The van der Waals surface area contributed by atoms with Crippen LogP contribution in [0.25, 0.3) is 21.7 Å². The Balaban J connectivity index is 1.67. The van der Waals surface area contributed by atoms with Gasteiger partial charge in [-0.1, -0.05) is 94.8 Å². The van der Waals surface area contributed by atoms with Gasteiger partial charge in [-0.25, -0.2) is 0 Å². The topological polar surface area (TPSA) is 16.1 Å². The zero-order chi connectivity index (χ0) is 24.2. The summed E-state index contributed by atoms with van der Waals surface area (Å²) in [5.41, 5.74) is 4.99. The van der Waals surface area contributed by atoms with Gasteiger partial charge in [0.05, 0.1) is 5.52 Å². The summed E-state index contributed by atoms with van der Waals surface area (Å²) >= 11 is 3.60. The average molecular weight is 524 g/mol. The van der Waals surface area contributed by atoms with Crippen LogP contribution in [0.4, 0.5) is 0 Å². The van der Waals surface area contributed by atoms with Crippen molar-refractivity contribution in [1.29, 1.82) is 0 Å². The van der Waals surface area contributed by atoms with Gasteiger partial charge in [0, 0.05) is 21.5 Å². The summed E-state index contributed by atoms with van der Waals surface area (Å²) < 4.78 is 1.08. The van der Waals surface area contributed by atoms with E-state index in [0.717, 1.165) is 34.8 Å². The van der Waals surface area contributed by atoms with Gasteiger partial charge in [0.1, 0.15) is 0 Å². The molecular weight excluding hydrogens is 492 g/mol. The molecule has 0 amide bonds. The SMILES string of the molecule is CN(C)CCC(c1cccc2ccccc12)C(Cc1ccccc1)c1ccc2cc(Br)ccc2n1. The maximum atomic E-state index is 5.23. The van der Waals surface area contributed by atoms with Gasteiger partial charge in [0.2, 0.25) is 0 Å². The second kappa shape index (κ2) is 10.7. The summed E-state index contributed by atoms with van der Waals surface area (Å²) in [5, 5.41) is 3.81. The van der Waals surface area contributed by atoms with Gasteiger partial charge in [0.25, 0.3) is 0 Å². The lowest BCUT2D eigenvalue weighted by atomic mass is 9.76. The lowest BCUT2D eigenvalue weighted by molar-refractivity contribution is 0.361. The van der Waals surface area contributed by atoms with E-state index in [0.29, 0.717) is 5.92 Å². The largest absolute Gasteiger partial charge is 0.309 e. The van der Waals surface area contributed by atoms with Crippen LogP contribution in [0.15, 0.2) is 108 Å². The van der Waals surface area contributed by atoms with Gasteiger partial charge in [-0.3, -0.25) is 4.98 Å². The summed E-state index contributed by atoms with van der Waals surface area (Å²) in [6.07, 6.45) is 2.02. The Hall–Kier alpha value is -3.01. The Morgan fingerprint density at radius 2 is 1.51 bits per heavy atom. The molecule has 0 aliphatic carbocycles. The number of benzene rings is 4. The normalized spacial score (nSPS) is 13.4. The number of halogens is 1. The molecule has 0 spiro atoms. The highest BCUT2D eigenvalue weighted by molar-refractivity contribution is 9.10. The highest BCUT2D eigenvalue weighted by Crippen LogP contribution is 2.41. The van der Waals surface area contributed by atoms with E-state index in [2.05, 4.69) is 138 Å². The number of nitrogens with zero attached hydrogens (tertiary/aromatic N) is 2. The molecule has 1 heterocycles. The molecule has 0 bridgehead atoms. The van der Waals surface area contributed by atoms with Crippen LogP contribution in [0.2, 0.25) is 0 Å². The Morgan fingerprint density at radius 1 is 0.743 bits per heavy atom. The molecule has 4 aromatic carbocycles. The van der Waals surface area contributed by atoms with E-state index in [1.54, 1.807) is 0 Å². The third kappa shape index (κ3) is 5.47. The van der Waals surface area contributed by atoms with Crippen molar-refractivity contribution in [2.45, 2.75) is 24.7 Å². The van der Waals surface area contributed by atoms with E-state index in [-0.39, 0.29) is 5.92 Å². The summed E-state index contributed by atoms with van der Waals surface area (Å²) in [6, 6.07) is 37.3. The number of rotatable bonds is 8. The van der Waals surface area contributed by atoms with E-state index in [9.17, 15) is 0 Å². The molecule has 0 fully saturated rings. The van der Waals surface area contributed by atoms with Crippen molar-refractivity contribution in [2.75, 3.05) is 20.6 Å². The standard InChI is InChI=1S/C32H31BrN2/c1-35(2)20-19-29(28-14-8-12-24-11-6-7-13-27(24)28)30(21-23-9-4-3-5-10-23)32-17-15-25-22-26(33)16-18-31(25)34-32/h3-18,22,29-30H,19-21H2,1-2H3. The number of aromatic nitrogens is 1. The van der Waals surface area contributed by atoms with E-state index in [1.165, 1.54) is 27.6 Å². The van der Waals surface area contributed by atoms with Crippen LogP contribution in [0.3, 0.4) is 0 Å². The van der Waals surface area contributed by atoms with E-state index >= 15 is 0 Å². The Kier molecular flexibility index (Phi) is 7.26. The minimum atomic E-state index is 0.260. The van der Waals surface area contributed by atoms with Crippen LogP contribution < -0.4 is 0 Å². The highest BCUT2D eigenvalue weighted by atomic mass is 79.9. The second-order valence-corrected chi connectivity index (χ2v) is 10.6. The first-order valence-electron chi connectivity index (χ1n) is 12.3. The first kappa shape index (κ1) is 23.7. The maximum absolute atomic E-state index is 5.23. The summed E-state index contributed by atoms with van der Waals surface area (Å²) in [4.78, 5) is 7.53. The lowest BCUT2D eigenvalue weighted by Gasteiger charge is -2.30. The molecule has 0 aliphatic heterocycles. The summed E-state index contributed by atoms with van der Waals surface area (Å²) in [7, 11) is 4.33. The van der Waals surface area contributed by atoms with Crippen LogP contribution >= 0.6 is 15.9 Å². The zero-order valence-corrected chi connectivity index (χ0v) is 21.9. The molecule has 5 aromatic rings. The highest BCUT2D eigenvalue weighted by Gasteiger charge is 2.28. The minimum Gasteiger partial charge on any atom is -0.309 e. The Labute approximate surface area is 216 Å². The van der Waals surface area contributed by atoms with Crippen LogP contribution in [0.5, 0.6) is 0 Å². The van der Waals surface area contributed by atoms with Gasteiger partial charge in [-0.2, -0.15) is 0 Å². The van der Waals surface area contributed by atoms with E-state index in [1.807, 2.05) is 0 Å². The first-order valence-corrected chi connectivity index (χ1v) is 13.1. The molecule has 2 atom stereocenters. The summed E-state index contributed by atoms with van der Waals surface area (Å²) in [6.45, 7) is 1.03. The zero-order valence-electron chi connectivity index (χ0n) is 20.4. The van der Waals surface area contributed by atoms with Gasteiger partial charge in [0.15, 0.2) is 0 Å². The third-order valence-corrected chi connectivity index (χ3v) is 7.44. The molecule has 35 heavy (non-hydrogen) atoms. The molecular formula is C32H31BrN2. The molecule has 2 unspecified atom stereocenters. The Morgan fingerprint density at radius 3 is 2.34 bits per heavy atom. The van der Waals surface area contributed by atoms with Crippen molar-refractivity contribution >= 4 is 37.6 Å². The van der Waals surface area contributed by atoms with Gasteiger partial charge in [-0.05, 0) is 85.6 Å². The molecule has 2 nitrogen and oxygen atoms in total. The van der Waals surface area contributed by atoms with Crippen LogP contribution in [-0.4, -0.2) is 30.5 Å². The van der Waals surface area contributed by atoms with Crippen LogP contribution in [0, 0.1) is 0 Å². The van der Waals surface area contributed by atoms with E-state index in [4.69, 9.17) is 4.98 Å². The molecule has 3 heteroatoms. The predicted molar refractivity (Wildman–Crippen MR) is 152 cm³/mol. The van der Waals surface area contributed by atoms with Crippen molar-refractivity contribution in [3.8, 4) is 0 Å². The molecule has 5 rings (SSSR count). The van der Waals surface area contributed by atoms with Crippen LogP contribution in [-0.2, 0) is 6.42 Å². The quantitative estimate of drug-likeness (QED) is 0.204. The molecule has 0 aliphatic rings.